The molecule has 1 aromatic carbocycles. The molecule has 0 radical (unpaired) electrons. The van der Waals surface area contributed by atoms with Crippen LogP contribution in [0, 0.1) is 19.7 Å². The van der Waals surface area contributed by atoms with Crippen LogP contribution in [-0.2, 0) is 16.0 Å². The first-order chi connectivity index (χ1) is 10.0. The maximum atomic E-state index is 13.5. The number of benzene rings is 1. The second-order valence-corrected chi connectivity index (χ2v) is 5.10. The van der Waals surface area contributed by atoms with E-state index in [2.05, 4.69) is 5.32 Å². The summed E-state index contributed by atoms with van der Waals surface area (Å²) in [4.78, 5) is 0. The van der Waals surface area contributed by atoms with Crippen LogP contribution in [0.3, 0.4) is 0 Å². The first-order valence-corrected chi connectivity index (χ1v) is 7.34. The minimum absolute atomic E-state index is 0.151. The average molecular weight is 299 g/mol. The number of halogens is 1. The molecule has 0 aliphatic heterocycles. The van der Waals surface area contributed by atoms with Gasteiger partial charge in [-0.3, -0.25) is 0 Å². The van der Waals surface area contributed by atoms with E-state index in [0.29, 0.717) is 44.0 Å². The molecule has 0 amide bonds. The lowest BCUT2D eigenvalue weighted by Crippen LogP contribution is -2.30. The molecular weight excluding hydrogens is 273 g/mol. The van der Waals surface area contributed by atoms with Crippen LogP contribution < -0.4 is 5.32 Å². The van der Waals surface area contributed by atoms with Gasteiger partial charge in [0.25, 0.3) is 0 Å². The molecular formula is C16H26FNO3. The van der Waals surface area contributed by atoms with Gasteiger partial charge in [0, 0.05) is 19.7 Å². The number of aryl methyl sites for hydroxylation is 2. The Kier molecular flexibility index (Phi) is 8.45. The van der Waals surface area contributed by atoms with Gasteiger partial charge in [-0.15, -0.1) is 0 Å². The molecule has 1 aromatic rings. The molecule has 0 aromatic heterocycles. The fourth-order valence-corrected chi connectivity index (χ4v) is 2.06. The van der Waals surface area contributed by atoms with Gasteiger partial charge in [0.1, 0.15) is 5.82 Å². The monoisotopic (exact) mass is 299 g/mol. The van der Waals surface area contributed by atoms with Gasteiger partial charge in [-0.05, 0) is 37.5 Å². The Hall–Kier alpha value is -1.01. The molecule has 5 heteroatoms. The Labute approximate surface area is 126 Å². The van der Waals surface area contributed by atoms with Crippen molar-refractivity contribution in [3.8, 4) is 0 Å². The number of rotatable bonds is 10. The van der Waals surface area contributed by atoms with Crippen molar-refractivity contribution in [3.05, 3.63) is 34.6 Å². The van der Waals surface area contributed by atoms with Crippen LogP contribution in [-0.4, -0.2) is 44.2 Å². The molecule has 0 aliphatic rings. The van der Waals surface area contributed by atoms with Gasteiger partial charge in [0.2, 0.25) is 0 Å². The van der Waals surface area contributed by atoms with Crippen LogP contribution in [0.4, 0.5) is 4.39 Å². The Balaban J connectivity index is 2.21. The van der Waals surface area contributed by atoms with Gasteiger partial charge in [-0.1, -0.05) is 12.1 Å². The first kappa shape index (κ1) is 18.0. The zero-order valence-electron chi connectivity index (χ0n) is 13.1. The van der Waals surface area contributed by atoms with Gasteiger partial charge in [0.15, 0.2) is 0 Å². The molecule has 0 saturated carbocycles. The summed E-state index contributed by atoms with van der Waals surface area (Å²) in [5, 5.41) is 12.9. The normalized spacial score (nSPS) is 12.6. The molecule has 0 aliphatic carbocycles. The third-order valence-electron chi connectivity index (χ3n) is 3.09. The zero-order chi connectivity index (χ0) is 15.7. The maximum Gasteiger partial charge on any atom is 0.129 e. The van der Waals surface area contributed by atoms with Crippen molar-refractivity contribution in [1.29, 1.82) is 0 Å². The number of aliphatic hydroxyl groups is 1. The lowest BCUT2D eigenvalue weighted by atomic mass is 10.1. The number of nitrogens with one attached hydrogen (secondary N) is 1. The van der Waals surface area contributed by atoms with Gasteiger partial charge in [-0.2, -0.15) is 0 Å². The number of hydrogen-bond donors (Lipinski definition) is 2. The second-order valence-electron chi connectivity index (χ2n) is 5.10. The van der Waals surface area contributed by atoms with Crippen LogP contribution in [0.5, 0.6) is 0 Å². The van der Waals surface area contributed by atoms with E-state index in [9.17, 15) is 9.50 Å². The van der Waals surface area contributed by atoms with Crippen LogP contribution >= 0.6 is 0 Å². The second kappa shape index (κ2) is 9.84. The largest absolute Gasteiger partial charge is 0.389 e. The van der Waals surface area contributed by atoms with Crippen molar-refractivity contribution < 1.29 is 19.0 Å². The Morgan fingerprint density at radius 3 is 2.43 bits per heavy atom. The van der Waals surface area contributed by atoms with Gasteiger partial charge >= 0.3 is 0 Å². The summed E-state index contributed by atoms with van der Waals surface area (Å²) < 4.78 is 23.9. The lowest BCUT2D eigenvalue weighted by molar-refractivity contribution is 0.00642. The summed E-state index contributed by atoms with van der Waals surface area (Å²) in [7, 11) is 0. The van der Waals surface area contributed by atoms with Gasteiger partial charge in [-0.25, -0.2) is 4.39 Å². The topological polar surface area (TPSA) is 50.7 Å². The molecule has 0 heterocycles. The fraction of sp³-hybridized carbons (Fsp3) is 0.625. The molecule has 1 atom stereocenters. The fourth-order valence-electron chi connectivity index (χ4n) is 2.06. The molecule has 0 saturated heterocycles. The van der Waals surface area contributed by atoms with E-state index < -0.39 is 6.10 Å². The summed E-state index contributed by atoms with van der Waals surface area (Å²) in [6, 6.07) is 3.64. The van der Waals surface area contributed by atoms with Gasteiger partial charge in [0.05, 0.1) is 25.9 Å². The smallest absolute Gasteiger partial charge is 0.129 e. The van der Waals surface area contributed by atoms with Crippen LogP contribution in [0.25, 0.3) is 0 Å². The number of ether oxygens (including phenoxy) is 2. The summed E-state index contributed by atoms with van der Waals surface area (Å²) in [6.07, 6.45) is -0.561. The molecule has 1 unspecified atom stereocenters. The van der Waals surface area contributed by atoms with E-state index in [1.165, 1.54) is 0 Å². The van der Waals surface area contributed by atoms with Crippen molar-refractivity contribution in [1.82, 2.24) is 5.32 Å². The maximum absolute atomic E-state index is 13.5. The number of hydrogen-bond acceptors (Lipinski definition) is 4. The van der Waals surface area contributed by atoms with Crippen molar-refractivity contribution in [2.45, 2.75) is 33.4 Å². The van der Waals surface area contributed by atoms with E-state index in [1.54, 1.807) is 13.8 Å². The van der Waals surface area contributed by atoms with Crippen molar-refractivity contribution >= 4 is 0 Å². The minimum atomic E-state index is -0.561. The standard InChI is InChI=1S/C16H26FNO3/c1-4-20-5-6-21-11-15(19)10-18-9-14-7-12(2)16(17)13(3)8-14/h7-8,15,18-19H,4-6,9-11H2,1-3H3. The highest BCUT2D eigenvalue weighted by molar-refractivity contribution is 5.30. The third-order valence-corrected chi connectivity index (χ3v) is 3.09. The van der Waals surface area contributed by atoms with E-state index >= 15 is 0 Å². The number of aliphatic hydroxyl groups excluding tert-OH is 1. The molecule has 120 valence electrons. The van der Waals surface area contributed by atoms with E-state index in [0.717, 1.165) is 5.56 Å². The van der Waals surface area contributed by atoms with Crippen molar-refractivity contribution in [3.63, 3.8) is 0 Å². The third kappa shape index (κ3) is 7.00. The van der Waals surface area contributed by atoms with Crippen molar-refractivity contribution in [2.24, 2.45) is 0 Å². The summed E-state index contributed by atoms with van der Waals surface area (Å²) in [6.45, 7) is 8.46. The Bertz CT molecular complexity index is 403. The highest BCUT2D eigenvalue weighted by Crippen LogP contribution is 2.14. The van der Waals surface area contributed by atoms with E-state index in [1.807, 2.05) is 19.1 Å². The molecule has 1 rings (SSSR count). The summed E-state index contributed by atoms with van der Waals surface area (Å²) in [5.74, 6) is -0.151. The molecule has 0 bridgehead atoms. The average Bonchev–Trinajstić information content (AvgIpc) is 2.44. The molecule has 2 N–H and O–H groups in total. The van der Waals surface area contributed by atoms with Gasteiger partial charge < -0.3 is 19.9 Å². The van der Waals surface area contributed by atoms with E-state index in [-0.39, 0.29) is 12.4 Å². The van der Waals surface area contributed by atoms with Crippen LogP contribution in [0.1, 0.15) is 23.6 Å². The Morgan fingerprint density at radius 2 is 1.81 bits per heavy atom. The molecule has 4 nitrogen and oxygen atoms in total. The minimum Gasteiger partial charge on any atom is -0.389 e. The van der Waals surface area contributed by atoms with Crippen molar-refractivity contribution in [2.75, 3.05) is 33.0 Å². The zero-order valence-corrected chi connectivity index (χ0v) is 13.1. The molecule has 21 heavy (non-hydrogen) atoms. The summed E-state index contributed by atoms with van der Waals surface area (Å²) >= 11 is 0. The summed E-state index contributed by atoms with van der Waals surface area (Å²) in [5.41, 5.74) is 2.30. The lowest BCUT2D eigenvalue weighted by Gasteiger charge is -2.13. The predicted molar refractivity (Wildman–Crippen MR) is 80.9 cm³/mol. The molecule has 0 fully saturated rings. The quantitative estimate of drug-likeness (QED) is 0.648. The van der Waals surface area contributed by atoms with Crippen LogP contribution in [0.2, 0.25) is 0 Å². The Morgan fingerprint density at radius 1 is 1.19 bits per heavy atom. The highest BCUT2D eigenvalue weighted by Gasteiger charge is 2.06. The van der Waals surface area contributed by atoms with Crippen LogP contribution in [0.15, 0.2) is 12.1 Å². The predicted octanol–water partition coefficient (Wildman–Crippen LogP) is 1.95. The first-order valence-electron chi connectivity index (χ1n) is 7.34. The SMILES string of the molecule is CCOCCOCC(O)CNCc1cc(C)c(F)c(C)c1. The highest BCUT2D eigenvalue weighted by atomic mass is 19.1. The van der Waals surface area contributed by atoms with E-state index in [4.69, 9.17) is 9.47 Å². The molecule has 0 spiro atoms.